The molecule has 0 heterocycles. The van der Waals surface area contributed by atoms with Crippen molar-refractivity contribution in [3.63, 3.8) is 0 Å². The number of amides is 1. The molecule has 0 saturated heterocycles. The second kappa shape index (κ2) is 8.50. The Bertz CT molecular complexity index is 859. The summed E-state index contributed by atoms with van der Waals surface area (Å²) < 4.78 is 18.8. The fourth-order valence-electron chi connectivity index (χ4n) is 3.55. The zero-order valence-corrected chi connectivity index (χ0v) is 16.8. The largest absolute Gasteiger partial charge is 0.452 e. The van der Waals surface area contributed by atoms with E-state index in [1.165, 1.54) is 19.1 Å². The lowest BCUT2D eigenvalue weighted by Crippen LogP contribution is -2.39. The number of hydrogen-bond donors (Lipinski definition) is 1. The van der Waals surface area contributed by atoms with Crippen molar-refractivity contribution in [1.29, 1.82) is 0 Å². The molecule has 1 aliphatic carbocycles. The summed E-state index contributed by atoms with van der Waals surface area (Å²) in [4.78, 5) is 25.4. The molecular formula is C21H20Cl2FNO3. The van der Waals surface area contributed by atoms with Gasteiger partial charge in [-0.15, -0.1) is 0 Å². The van der Waals surface area contributed by atoms with Crippen LogP contribution in [0.5, 0.6) is 0 Å². The van der Waals surface area contributed by atoms with Gasteiger partial charge in [-0.05, 0) is 55.7 Å². The molecule has 1 aliphatic rings. The minimum atomic E-state index is -1.01. The van der Waals surface area contributed by atoms with E-state index in [9.17, 15) is 14.0 Å². The molecule has 3 rings (SSSR count). The van der Waals surface area contributed by atoms with Crippen LogP contribution in [0.1, 0.15) is 38.2 Å². The molecule has 0 aliphatic heterocycles. The van der Waals surface area contributed by atoms with Crippen molar-refractivity contribution >= 4 is 40.8 Å². The number of carbonyl (C=O) groups is 2. The molecule has 0 bridgehead atoms. The summed E-state index contributed by atoms with van der Waals surface area (Å²) in [6.45, 7) is 1.51. The molecule has 2 aromatic rings. The molecule has 1 atom stereocenters. The normalized spacial score (nSPS) is 16.4. The van der Waals surface area contributed by atoms with Gasteiger partial charge >= 0.3 is 5.97 Å². The van der Waals surface area contributed by atoms with Crippen molar-refractivity contribution < 1.29 is 18.7 Å². The average molecular weight is 424 g/mol. The van der Waals surface area contributed by atoms with E-state index in [-0.39, 0.29) is 5.82 Å². The molecule has 1 saturated carbocycles. The Hall–Kier alpha value is -2.11. The van der Waals surface area contributed by atoms with Crippen LogP contribution in [0.4, 0.5) is 10.1 Å². The number of benzene rings is 2. The highest BCUT2D eigenvalue weighted by atomic mass is 35.5. The first-order chi connectivity index (χ1) is 13.3. The highest BCUT2D eigenvalue weighted by molar-refractivity contribution is 6.35. The molecule has 1 amide bonds. The van der Waals surface area contributed by atoms with Gasteiger partial charge in [-0.1, -0.05) is 48.2 Å². The quantitative estimate of drug-likeness (QED) is 0.644. The lowest BCUT2D eigenvalue weighted by Gasteiger charge is -2.28. The van der Waals surface area contributed by atoms with Gasteiger partial charge in [0, 0.05) is 15.7 Å². The van der Waals surface area contributed by atoms with Crippen LogP contribution in [0.3, 0.4) is 0 Å². The molecule has 1 N–H and O–H groups in total. The van der Waals surface area contributed by atoms with Gasteiger partial charge in [-0.3, -0.25) is 9.59 Å². The van der Waals surface area contributed by atoms with E-state index in [4.69, 9.17) is 27.9 Å². The van der Waals surface area contributed by atoms with Crippen LogP contribution < -0.4 is 5.32 Å². The predicted octanol–water partition coefficient (Wildman–Crippen LogP) is 5.51. The van der Waals surface area contributed by atoms with Crippen molar-refractivity contribution in [1.82, 2.24) is 0 Å². The first kappa shape index (κ1) is 20.6. The summed E-state index contributed by atoms with van der Waals surface area (Å²) in [7, 11) is 0. The van der Waals surface area contributed by atoms with Crippen LogP contribution in [0, 0.1) is 5.82 Å². The Kier molecular flexibility index (Phi) is 6.26. The van der Waals surface area contributed by atoms with Gasteiger partial charge in [-0.25, -0.2) is 4.39 Å². The first-order valence-electron chi connectivity index (χ1n) is 9.04. The Labute approximate surface area is 173 Å². The summed E-state index contributed by atoms with van der Waals surface area (Å²) in [5.74, 6) is -1.32. The SMILES string of the molecule is CC(OC(=O)C1(c2ccc(F)cc2)CCCC1)C(=O)Nc1cc(Cl)cc(Cl)c1. The molecule has 28 heavy (non-hydrogen) atoms. The minimum absolute atomic E-state index is 0.363. The lowest BCUT2D eigenvalue weighted by atomic mass is 9.79. The van der Waals surface area contributed by atoms with E-state index in [0.717, 1.165) is 12.8 Å². The Balaban J connectivity index is 1.72. The maximum atomic E-state index is 13.3. The monoisotopic (exact) mass is 423 g/mol. The zero-order chi connectivity index (χ0) is 20.3. The van der Waals surface area contributed by atoms with Crippen molar-refractivity contribution in [2.24, 2.45) is 0 Å². The predicted molar refractivity (Wildman–Crippen MR) is 107 cm³/mol. The highest BCUT2D eigenvalue weighted by Crippen LogP contribution is 2.42. The van der Waals surface area contributed by atoms with Crippen LogP contribution in [0.2, 0.25) is 10.0 Å². The van der Waals surface area contributed by atoms with Gasteiger partial charge in [0.1, 0.15) is 5.82 Å². The van der Waals surface area contributed by atoms with E-state index in [2.05, 4.69) is 5.32 Å². The molecule has 0 spiro atoms. The van der Waals surface area contributed by atoms with Gasteiger partial charge in [0.15, 0.2) is 6.10 Å². The number of nitrogens with one attached hydrogen (secondary N) is 1. The van der Waals surface area contributed by atoms with Crippen LogP contribution >= 0.6 is 23.2 Å². The van der Waals surface area contributed by atoms with Crippen LogP contribution in [-0.2, 0) is 19.7 Å². The third kappa shape index (κ3) is 4.47. The minimum Gasteiger partial charge on any atom is -0.452 e. The zero-order valence-electron chi connectivity index (χ0n) is 15.3. The molecule has 7 heteroatoms. The summed E-state index contributed by atoms with van der Waals surface area (Å²) in [6, 6.07) is 10.5. The molecule has 2 aromatic carbocycles. The van der Waals surface area contributed by atoms with E-state index in [1.54, 1.807) is 30.3 Å². The highest BCUT2D eigenvalue weighted by Gasteiger charge is 2.45. The molecule has 0 radical (unpaired) electrons. The van der Waals surface area contributed by atoms with Gasteiger partial charge in [0.2, 0.25) is 0 Å². The van der Waals surface area contributed by atoms with Gasteiger partial charge in [0.25, 0.3) is 5.91 Å². The van der Waals surface area contributed by atoms with Crippen molar-refractivity contribution in [3.05, 3.63) is 63.9 Å². The summed E-state index contributed by atoms with van der Waals surface area (Å²) in [5.41, 5.74) is 0.284. The summed E-state index contributed by atoms with van der Waals surface area (Å²) in [5, 5.41) is 3.41. The molecule has 148 valence electrons. The number of rotatable bonds is 5. The van der Waals surface area contributed by atoms with E-state index < -0.39 is 23.4 Å². The lowest BCUT2D eigenvalue weighted by molar-refractivity contribution is -0.159. The number of anilines is 1. The second-order valence-corrected chi connectivity index (χ2v) is 7.86. The topological polar surface area (TPSA) is 55.4 Å². The van der Waals surface area contributed by atoms with Crippen LogP contribution in [0.25, 0.3) is 0 Å². The molecular weight excluding hydrogens is 404 g/mol. The Morgan fingerprint density at radius 1 is 1.07 bits per heavy atom. The van der Waals surface area contributed by atoms with Crippen LogP contribution in [-0.4, -0.2) is 18.0 Å². The molecule has 4 nitrogen and oxygen atoms in total. The maximum Gasteiger partial charge on any atom is 0.317 e. The Morgan fingerprint density at radius 2 is 1.64 bits per heavy atom. The van der Waals surface area contributed by atoms with Gasteiger partial charge in [-0.2, -0.15) is 0 Å². The van der Waals surface area contributed by atoms with E-state index in [0.29, 0.717) is 34.1 Å². The fourth-order valence-corrected chi connectivity index (χ4v) is 4.08. The van der Waals surface area contributed by atoms with E-state index in [1.807, 2.05) is 0 Å². The van der Waals surface area contributed by atoms with E-state index >= 15 is 0 Å². The first-order valence-corrected chi connectivity index (χ1v) is 9.80. The standard InChI is InChI=1S/C21H20Cl2FNO3/c1-13(19(26)25-18-11-15(22)10-16(23)12-18)28-20(27)21(8-2-3-9-21)14-4-6-17(24)7-5-14/h4-7,10-13H,2-3,8-9H2,1H3,(H,25,26). The molecule has 1 fully saturated rings. The number of halogens is 3. The van der Waals surface area contributed by atoms with Crippen molar-refractivity contribution in [2.45, 2.75) is 44.1 Å². The molecule has 0 aromatic heterocycles. The maximum absolute atomic E-state index is 13.3. The van der Waals surface area contributed by atoms with Gasteiger partial charge in [0.05, 0.1) is 5.41 Å². The summed E-state index contributed by atoms with van der Waals surface area (Å²) >= 11 is 11.9. The second-order valence-electron chi connectivity index (χ2n) is 6.99. The third-order valence-corrected chi connectivity index (χ3v) is 5.46. The average Bonchev–Trinajstić information content (AvgIpc) is 3.12. The number of ether oxygens (including phenoxy) is 1. The number of hydrogen-bond acceptors (Lipinski definition) is 3. The van der Waals surface area contributed by atoms with Crippen LogP contribution in [0.15, 0.2) is 42.5 Å². The Morgan fingerprint density at radius 3 is 2.21 bits per heavy atom. The van der Waals surface area contributed by atoms with Crippen molar-refractivity contribution in [2.75, 3.05) is 5.32 Å². The van der Waals surface area contributed by atoms with Crippen molar-refractivity contribution in [3.8, 4) is 0 Å². The number of esters is 1. The third-order valence-electron chi connectivity index (χ3n) is 5.03. The fraction of sp³-hybridized carbons (Fsp3) is 0.333. The van der Waals surface area contributed by atoms with Gasteiger partial charge < -0.3 is 10.1 Å². The molecule has 1 unspecified atom stereocenters. The number of carbonyl (C=O) groups excluding carboxylic acids is 2. The summed E-state index contributed by atoms with van der Waals surface area (Å²) in [6.07, 6.45) is 1.94. The smallest absolute Gasteiger partial charge is 0.317 e.